The van der Waals surface area contributed by atoms with Gasteiger partial charge in [0.05, 0.1) is 12.2 Å². The predicted octanol–water partition coefficient (Wildman–Crippen LogP) is -0.0565. The molecule has 0 saturated carbocycles. The number of nitrogens with one attached hydrogen (secondary N) is 2. The van der Waals surface area contributed by atoms with Crippen LogP contribution in [0.15, 0.2) is 48.5 Å². The summed E-state index contributed by atoms with van der Waals surface area (Å²) in [5.74, 6) is -1.09. The maximum atomic E-state index is 12.3. The van der Waals surface area contributed by atoms with E-state index in [-0.39, 0.29) is 38.1 Å². The van der Waals surface area contributed by atoms with Crippen molar-refractivity contribution in [2.75, 3.05) is 24.6 Å². The third-order valence-corrected chi connectivity index (χ3v) is 4.24. The number of primary amides is 1. The molecule has 150 valence electrons. The van der Waals surface area contributed by atoms with E-state index in [2.05, 4.69) is 10.6 Å². The zero-order valence-corrected chi connectivity index (χ0v) is 15.5. The number of nitrogens with two attached hydrogens (primary N) is 1. The van der Waals surface area contributed by atoms with E-state index in [0.717, 1.165) is 5.56 Å². The Labute approximate surface area is 166 Å². The average Bonchev–Trinajstić information content (AvgIpc) is 2.73. The van der Waals surface area contributed by atoms with Gasteiger partial charge in [-0.15, -0.1) is 0 Å². The summed E-state index contributed by atoms with van der Waals surface area (Å²) in [6, 6.07) is 13.6. The van der Waals surface area contributed by atoms with Crippen molar-refractivity contribution >= 4 is 29.3 Å². The third-order valence-electron chi connectivity index (χ3n) is 4.24. The zero-order valence-electron chi connectivity index (χ0n) is 15.5. The molecule has 0 aliphatic carbocycles. The fraction of sp³-hybridized carbons (Fsp3) is 0.200. The fourth-order valence-corrected chi connectivity index (χ4v) is 2.77. The Hall–Kier alpha value is -3.88. The van der Waals surface area contributed by atoms with Crippen molar-refractivity contribution in [2.45, 2.75) is 6.54 Å². The van der Waals surface area contributed by atoms with Crippen LogP contribution in [0, 0.1) is 0 Å². The lowest BCUT2D eigenvalue weighted by atomic mass is 10.1. The van der Waals surface area contributed by atoms with Gasteiger partial charge in [-0.1, -0.05) is 24.3 Å². The highest BCUT2D eigenvalue weighted by Gasteiger charge is 2.26. The van der Waals surface area contributed by atoms with Crippen LogP contribution in [-0.2, 0) is 20.9 Å². The van der Waals surface area contributed by atoms with Gasteiger partial charge in [0.2, 0.25) is 11.8 Å². The minimum atomic E-state index is -0.626. The van der Waals surface area contributed by atoms with Crippen LogP contribution in [-0.4, -0.2) is 43.3 Å². The van der Waals surface area contributed by atoms with Crippen molar-refractivity contribution < 1.29 is 23.9 Å². The summed E-state index contributed by atoms with van der Waals surface area (Å²) in [6.45, 7) is -0.224. The van der Waals surface area contributed by atoms with Crippen molar-refractivity contribution in [3.05, 3.63) is 59.7 Å². The molecule has 1 aliphatic rings. The van der Waals surface area contributed by atoms with Crippen LogP contribution in [0.25, 0.3) is 0 Å². The standard InChI is InChI=1S/C20H20N4O5/c21-17(25)10-23-20(28)14-7-5-13(6-8-14)9-22-18(26)11-24-15-3-1-2-4-16(15)29-12-19(24)27/h1-8H,9-12H2,(H2,21,25)(H,22,26)(H,23,28). The maximum absolute atomic E-state index is 12.3. The highest BCUT2D eigenvalue weighted by molar-refractivity contribution is 6.02. The molecule has 3 rings (SSSR count). The first kappa shape index (κ1) is 19.9. The third kappa shape index (κ3) is 5.10. The highest BCUT2D eigenvalue weighted by atomic mass is 16.5. The molecule has 0 atom stereocenters. The molecule has 29 heavy (non-hydrogen) atoms. The van der Waals surface area contributed by atoms with E-state index in [1.54, 1.807) is 48.5 Å². The highest BCUT2D eigenvalue weighted by Crippen LogP contribution is 2.31. The quantitative estimate of drug-likeness (QED) is 0.604. The van der Waals surface area contributed by atoms with Crippen LogP contribution in [0.3, 0.4) is 0 Å². The largest absolute Gasteiger partial charge is 0.482 e. The number of hydrogen-bond donors (Lipinski definition) is 3. The van der Waals surface area contributed by atoms with Crippen LogP contribution < -0.4 is 26.0 Å². The Bertz CT molecular complexity index is 942. The van der Waals surface area contributed by atoms with Gasteiger partial charge in [0, 0.05) is 12.1 Å². The molecule has 0 aromatic heterocycles. The molecule has 1 aliphatic heterocycles. The Balaban J connectivity index is 1.54. The van der Waals surface area contributed by atoms with E-state index < -0.39 is 11.8 Å². The van der Waals surface area contributed by atoms with Gasteiger partial charge in [-0.05, 0) is 29.8 Å². The van der Waals surface area contributed by atoms with Crippen molar-refractivity contribution in [2.24, 2.45) is 5.73 Å². The van der Waals surface area contributed by atoms with Gasteiger partial charge < -0.3 is 21.1 Å². The summed E-state index contributed by atoms with van der Waals surface area (Å²) >= 11 is 0. The number of para-hydroxylation sites is 2. The normalized spacial score (nSPS) is 12.6. The molecule has 0 spiro atoms. The predicted molar refractivity (Wildman–Crippen MR) is 104 cm³/mol. The van der Waals surface area contributed by atoms with Crippen molar-refractivity contribution in [1.29, 1.82) is 0 Å². The van der Waals surface area contributed by atoms with E-state index in [1.807, 2.05) is 0 Å². The molecule has 0 radical (unpaired) electrons. The first-order chi connectivity index (χ1) is 13.9. The summed E-state index contributed by atoms with van der Waals surface area (Å²) in [7, 11) is 0. The molecule has 2 aromatic carbocycles. The van der Waals surface area contributed by atoms with Crippen LogP contribution in [0.1, 0.15) is 15.9 Å². The Morgan fingerprint density at radius 1 is 1.03 bits per heavy atom. The van der Waals surface area contributed by atoms with E-state index in [0.29, 0.717) is 17.0 Å². The Morgan fingerprint density at radius 2 is 1.76 bits per heavy atom. The van der Waals surface area contributed by atoms with Gasteiger partial charge in [-0.3, -0.25) is 24.1 Å². The maximum Gasteiger partial charge on any atom is 0.265 e. The zero-order chi connectivity index (χ0) is 20.8. The molecule has 2 aromatic rings. The fourth-order valence-electron chi connectivity index (χ4n) is 2.77. The van der Waals surface area contributed by atoms with Crippen LogP contribution in [0.2, 0.25) is 0 Å². The summed E-state index contributed by atoms with van der Waals surface area (Å²) < 4.78 is 5.36. The molecule has 4 amide bonds. The lowest BCUT2D eigenvalue weighted by Crippen LogP contribution is -2.45. The summed E-state index contributed by atoms with van der Waals surface area (Å²) in [5.41, 5.74) is 6.70. The molecular formula is C20H20N4O5. The first-order valence-corrected chi connectivity index (χ1v) is 8.88. The van der Waals surface area contributed by atoms with Gasteiger partial charge in [0.1, 0.15) is 12.3 Å². The Kier molecular flexibility index (Phi) is 6.08. The van der Waals surface area contributed by atoms with Crippen molar-refractivity contribution in [1.82, 2.24) is 10.6 Å². The number of fused-ring (bicyclic) bond motifs is 1. The molecule has 1 heterocycles. The topological polar surface area (TPSA) is 131 Å². The number of carbonyl (C=O) groups is 4. The van der Waals surface area contributed by atoms with Gasteiger partial charge >= 0.3 is 0 Å². The summed E-state index contributed by atoms with van der Waals surface area (Å²) in [5, 5.41) is 5.15. The number of hydrogen-bond acceptors (Lipinski definition) is 5. The lowest BCUT2D eigenvalue weighted by Gasteiger charge is -2.28. The van der Waals surface area contributed by atoms with Crippen LogP contribution >= 0.6 is 0 Å². The number of anilines is 1. The minimum Gasteiger partial charge on any atom is -0.482 e. The van der Waals surface area contributed by atoms with Crippen LogP contribution in [0.5, 0.6) is 5.75 Å². The monoisotopic (exact) mass is 396 g/mol. The van der Waals surface area contributed by atoms with Gasteiger partial charge in [0.15, 0.2) is 6.61 Å². The second kappa shape index (κ2) is 8.87. The lowest BCUT2D eigenvalue weighted by molar-refractivity contribution is -0.125. The van der Waals surface area contributed by atoms with E-state index >= 15 is 0 Å². The summed E-state index contributed by atoms with van der Waals surface area (Å²) in [6.07, 6.45) is 0. The number of nitrogens with zero attached hydrogens (tertiary/aromatic N) is 1. The number of ether oxygens (including phenoxy) is 1. The molecule has 4 N–H and O–H groups in total. The molecule has 0 saturated heterocycles. The Morgan fingerprint density at radius 3 is 2.48 bits per heavy atom. The van der Waals surface area contributed by atoms with Gasteiger partial charge in [-0.25, -0.2) is 0 Å². The smallest absolute Gasteiger partial charge is 0.265 e. The second-order valence-corrected chi connectivity index (χ2v) is 6.36. The molecule has 9 nitrogen and oxygen atoms in total. The number of amides is 4. The van der Waals surface area contributed by atoms with E-state index in [9.17, 15) is 19.2 Å². The van der Waals surface area contributed by atoms with Crippen molar-refractivity contribution in [3.63, 3.8) is 0 Å². The average molecular weight is 396 g/mol. The second-order valence-electron chi connectivity index (χ2n) is 6.36. The van der Waals surface area contributed by atoms with Crippen LogP contribution in [0.4, 0.5) is 5.69 Å². The molecule has 0 fully saturated rings. The minimum absolute atomic E-state index is 0.108. The molecule has 0 unspecified atom stereocenters. The number of benzene rings is 2. The molecular weight excluding hydrogens is 376 g/mol. The van der Waals surface area contributed by atoms with E-state index in [4.69, 9.17) is 10.5 Å². The molecule has 0 bridgehead atoms. The van der Waals surface area contributed by atoms with E-state index in [1.165, 1.54) is 4.90 Å². The molecule has 9 heteroatoms. The first-order valence-electron chi connectivity index (χ1n) is 8.88. The SMILES string of the molecule is NC(=O)CNC(=O)c1ccc(CNC(=O)CN2C(=O)COc3ccccc32)cc1. The van der Waals surface area contributed by atoms with Gasteiger partial charge in [0.25, 0.3) is 11.8 Å². The summed E-state index contributed by atoms with van der Waals surface area (Å²) in [4.78, 5) is 48.4. The van der Waals surface area contributed by atoms with Crippen molar-refractivity contribution in [3.8, 4) is 5.75 Å². The van der Waals surface area contributed by atoms with Gasteiger partial charge in [-0.2, -0.15) is 0 Å². The number of carbonyl (C=O) groups excluding carboxylic acids is 4. The number of rotatable bonds is 7.